The molecule has 2 heterocycles. The number of rotatable bonds is 7. The number of carbonyl (C=O) groups excluding carboxylic acids is 1. The van der Waals surface area contributed by atoms with Crippen molar-refractivity contribution in [3.8, 4) is 5.75 Å². The van der Waals surface area contributed by atoms with E-state index in [-0.39, 0.29) is 11.8 Å². The van der Waals surface area contributed by atoms with E-state index < -0.39 is 0 Å². The minimum absolute atomic E-state index is 0.0770. The van der Waals surface area contributed by atoms with Gasteiger partial charge >= 0.3 is 0 Å². The highest BCUT2D eigenvalue weighted by Gasteiger charge is 2.34. The standard InChI is InChI=1S/C27H27N3O2/c1-20-12-14-23(15-13-20)32-17-7-16-29-25-11-6-5-10-24(25)28-27(29)21-18-26(31)30(19-21)22-8-3-2-4-9-22/h2-6,8-15,21H,7,16-19H2,1H3/t21-/m0/s1. The Labute approximate surface area is 188 Å². The number of benzene rings is 3. The van der Waals surface area contributed by atoms with Crippen molar-refractivity contribution in [2.24, 2.45) is 0 Å². The van der Waals surface area contributed by atoms with Crippen molar-refractivity contribution in [1.82, 2.24) is 9.55 Å². The van der Waals surface area contributed by atoms with E-state index >= 15 is 0 Å². The summed E-state index contributed by atoms with van der Waals surface area (Å²) in [6.45, 7) is 4.17. The van der Waals surface area contributed by atoms with E-state index in [4.69, 9.17) is 9.72 Å². The molecule has 0 saturated carbocycles. The quantitative estimate of drug-likeness (QED) is 0.376. The molecule has 1 aromatic heterocycles. The third-order valence-electron chi connectivity index (χ3n) is 6.06. The molecule has 5 rings (SSSR count). The number of ether oxygens (including phenoxy) is 1. The molecule has 1 fully saturated rings. The maximum absolute atomic E-state index is 12.8. The SMILES string of the molecule is Cc1ccc(OCCCn2c([C@H]3CC(=O)N(c4ccccc4)C3)nc3ccccc32)cc1. The Morgan fingerprint density at radius 3 is 2.53 bits per heavy atom. The van der Waals surface area contributed by atoms with Gasteiger partial charge in [-0.25, -0.2) is 4.98 Å². The van der Waals surface area contributed by atoms with Gasteiger partial charge in [-0.2, -0.15) is 0 Å². The fourth-order valence-corrected chi connectivity index (χ4v) is 4.43. The number of aryl methyl sites for hydroxylation is 2. The van der Waals surface area contributed by atoms with Crippen LogP contribution in [0.1, 0.15) is 30.1 Å². The summed E-state index contributed by atoms with van der Waals surface area (Å²) in [7, 11) is 0. The number of carbonyl (C=O) groups is 1. The van der Waals surface area contributed by atoms with Gasteiger partial charge in [0.25, 0.3) is 0 Å². The van der Waals surface area contributed by atoms with Gasteiger partial charge in [0.15, 0.2) is 0 Å². The average molecular weight is 426 g/mol. The number of para-hydroxylation sites is 3. The molecule has 1 aliphatic heterocycles. The fraction of sp³-hybridized carbons (Fsp3) is 0.259. The Bertz CT molecular complexity index is 1210. The molecule has 5 heteroatoms. The third kappa shape index (κ3) is 4.11. The van der Waals surface area contributed by atoms with E-state index in [1.807, 2.05) is 65.6 Å². The number of aromatic nitrogens is 2. The van der Waals surface area contributed by atoms with Crippen LogP contribution in [0.4, 0.5) is 5.69 Å². The van der Waals surface area contributed by atoms with E-state index in [2.05, 4.69) is 29.7 Å². The first-order chi connectivity index (χ1) is 15.7. The molecule has 4 aromatic rings. The van der Waals surface area contributed by atoms with Gasteiger partial charge < -0.3 is 14.2 Å². The van der Waals surface area contributed by atoms with Gasteiger partial charge in [0, 0.05) is 31.1 Å². The van der Waals surface area contributed by atoms with Gasteiger partial charge in [0.05, 0.1) is 17.6 Å². The molecule has 32 heavy (non-hydrogen) atoms. The highest BCUT2D eigenvalue weighted by atomic mass is 16.5. The van der Waals surface area contributed by atoms with Gasteiger partial charge in [-0.3, -0.25) is 4.79 Å². The summed E-state index contributed by atoms with van der Waals surface area (Å²) in [4.78, 5) is 19.6. The summed E-state index contributed by atoms with van der Waals surface area (Å²) in [6, 6.07) is 26.3. The molecule has 0 unspecified atom stereocenters. The van der Waals surface area contributed by atoms with Crippen molar-refractivity contribution in [1.29, 1.82) is 0 Å². The van der Waals surface area contributed by atoms with Crippen LogP contribution in [0.2, 0.25) is 0 Å². The van der Waals surface area contributed by atoms with Gasteiger partial charge in [-0.1, -0.05) is 48.0 Å². The molecule has 5 nitrogen and oxygen atoms in total. The Morgan fingerprint density at radius 2 is 1.72 bits per heavy atom. The summed E-state index contributed by atoms with van der Waals surface area (Å²) >= 11 is 0. The number of hydrogen-bond acceptors (Lipinski definition) is 3. The Kier molecular flexibility index (Phi) is 5.63. The second-order valence-electron chi connectivity index (χ2n) is 8.37. The number of hydrogen-bond donors (Lipinski definition) is 0. The van der Waals surface area contributed by atoms with Crippen LogP contribution in [-0.2, 0) is 11.3 Å². The van der Waals surface area contributed by atoms with Gasteiger partial charge in [-0.05, 0) is 49.7 Å². The molecule has 1 atom stereocenters. The van der Waals surface area contributed by atoms with Crippen LogP contribution in [-0.4, -0.2) is 28.6 Å². The second-order valence-corrected chi connectivity index (χ2v) is 8.37. The lowest BCUT2D eigenvalue weighted by Gasteiger charge is -2.17. The lowest BCUT2D eigenvalue weighted by Crippen LogP contribution is -2.24. The van der Waals surface area contributed by atoms with Crippen molar-refractivity contribution in [3.63, 3.8) is 0 Å². The van der Waals surface area contributed by atoms with E-state index in [9.17, 15) is 4.79 Å². The number of fused-ring (bicyclic) bond motifs is 1. The second kappa shape index (κ2) is 8.87. The summed E-state index contributed by atoms with van der Waals surface area (Å²) in [5.74, 6) is 2.12. The van der Waals surface area contributed by atoms with Crippen molar-refractivity contribution in [2.45, 2.75) is 32.2 Å². The first-order valence-corrected chi connectivity index (χ1v) is 11.2. The lowest BCUT2D eigenvalue weighted by molar-refractivity contribution is -0.117. The number of amides is 1. The summed E-state index contributed by atoms with van der Waals surface area (Å²) in [6.07, 6.45) is 1.35. The van der Waals surface area contributed by atoms with Crippen molar-refractivity contribution in [3.05, 3.63) is 90.3 Å². The summed E-state index contributed by atoms with van der Waals surface area (Å²) in [5, 5.41) is 0. The maximum Gasteiger partial charge on any atom is 0.227 e. The molecule has 162 valence electrons. The van der Waals surface area contributed by atoms with Crippen molar-refractivity contribution < 1.29 is 9.53 Å². The minimum atomic E-state index is 0.0770. The van der Waals surface area contributed by atoms with E-state index in [0.29, 0.717) is 19.6 Å². The van der Waals surface area contributed by atoms with Gasteiger partial charge in [-0.15, -0.1) is 0 Å². The van der Waals surface area contributed by atoms with Gasteiger partial charge in [0.1, 0.15) is 11.6 Å². The Morgan fingerprint density at radius 1 is 0.969 bits per heavy atom. The topological polar surface area (TPSA) is 47.4 Å². The predicted molar refractivity (Wildman–Crippen MR) is 127 cm³/mol. The molecule has 1 aliphatic rings. The van der Waals surface area contributed by atoms with Crippen LogP contribution in [0.5, 0.6) is 5.75 Å². The van der Waals surface area contributed by atoms with Crippen LogP contribution in [0.3, 0.4) is 0 Å². The lowest BCUT2D eigenvalue weighted by atomic mass is 10.1. The number of imidazole rings is 1. The minimum Gasteiger partial charge on any atom is -0.494 e. The highest BCUT2D eigenvalue weighted by molar-refractivity contribution is 5.96. The zero-order valence-electron chi connectivity index (χ0n) is 18.3. The largest absolute Gasteiger partial charge is 0.494 e. The number of nitrogens with zero attached hydrogens (tertiary/aromatic N) is 3. The number of anilines is 1. The van der Waals surface area contributed by atoms with E-state index in [0.717, 1.165) is 41.3 Å². The Hall–Kier alpha value is -3.60. The van der Waals surface area contributed by atoms with Crippen LogP contribution >= 0.6 is 0 Å². The smallest absolute Gasteiger partial charge is 0.227 e. The maximum atomic E-state index is 12.8. The normalized spacial score (nSPS) is 16.1. The van der Waals surface area contributed by atoms with Crippen LogP contribution in [0.25, 0.3) is 11.0 Å². The molecule has 1 amide bonds. The molecule has 0 radical (unpaired) electrons. The monoisotopic (exact) mass is 425 g/mol. The van der Waals surface area contributed by atoms with Crippen molar-refractivity contribution in [2.75, 3.05) is 18.1 Å². The molecule has 0 bridgehead atoms. The van der Waals surface area contributed by atoms with Gasteiger partial charge in [0.2, 0.25) is 5.91 Å². The molecule has 1 saturated heterocycles. The molecular weight excluding hydrogens is 398 g/mol. The zero-order chi connectivity index (χ0) is 21.9. The third-order valence-corrected chi connectivity index (χ3v) is 6.06. The first kappa shape index (κ1) is 20.3. The first-order valence-electron chi connectivity index (χ1n) is 11.2. The fourth-order valence-electron chi connectivity index (χ4n) is 4.43. The zero-order valence-corrected chi connectivity index (χ0v) is 18.3. The predicted octanol–water partition coefficient (Wildman–Crippen LogP) is 5.33. The van der Waals surface area contributed by atoms with Crippen LogP contribution in [0, 0.1) is 6.92 Å². The summed E-state index contributed by atoms with van der Waals surface area (Å²) < 4.78 is 8.21. The molecule has 3 aromatic carbocycles. The van der Waals surface area contributed by atoms with Crippen molar-refractivity contribution >= 4 is 22.6 Å². The van der Waals surface area contributed by atoms with Crippen LogP contribution < -0.4 is 9.64 Å². The molecule has 0 N–H and O–H groups in total. The molecule has 0 aliphatic carbocycles. The van der Waals surface area contributed by atoms with E-state index in [1.54, 1.807) is 0 Å². The Balaban J connectivity index is 1.34. The van der Waals surface area contributed by atoms with Crippen LogP contribution in [0.15, 0.2) is 78.9 Å². The van der Waals surface area contributed by atoms with E-state index in [1.165, 1.54) is 5.56 Å². The molecular formula is C27H27N3O2. The summed E-state index contributed by atoms with van der Waals surface area (Å²) in [5.41, 5.74) is 4.27. The molecule has 0 spiro atoms. The average Bonchev–Trinajstić information content (AvgIpc) is 3.39. The highest BCUT2D eigenvalue weighted by Crippen LogP contribution is 2.33.